The van der Waals surface area contributed by atoms with Crippen LogP contribution in [-0.4, -0.2) is 15.9 Å². The minimum absolute atomic E-state index is 0.0408. The average molecular weight is 414 g/mol. The second-order valence-electron chi connectivity index (χ2n) is 8.22. The molecule has 2 bridgehead atoms. The lowest BCUT2D eigenvalue weighted by molar-refractivity contribution is -0.118. The summed E-state index contributed by atoms with van der Waals surface area (Å²) in [5.74, 6) is 0.446. The third-order valence-corrected chi connectivity index (χ3v) is 6.96. The Bertz CT molecular complexity index is 1050. The third kappa shape index (κ3) is 2.86. The van der Waals surface area contributed by atoms with Crippen LogP contribution >= 0.6 is 11.6 Å². The molecule has 2 aromatic rings. The molecule has 0 amide bonds. The van der Waals surface area contributed by atoms with Gasteiger partial charge in [-0.1, -0.05) is 24.6 Å². The maximum atomic E-state index is 14.1. The summed E-state index contributed by atoms with van der Waals surface area (Å²) < 4.78 is 19.7. The molecule has 150 valence electrons. The molecule has 2 saturated carbocycles. The van der Waals surface area contributed by atoms with E-state index in [1.54, 1.807) is 12.1 Å². The number of fused-ring (bicyclic) bond motifs is 5. The number of Topliss-reactive ketones (excluding diaryl/α,β-unsaturated/α-hetero) is 1. The van der Waals surface area contributed by atoms with E-state index >= 15 is 0 Å². The quantitative estimate of drug-likeness (QED) is 0.694. The molecular weight excluding hydrogens is 393 g/mol. The Labute approximate surface area is 173 Å². The number of aryl methyl sites for hydroxylation is 1. The zero-order valence-corrected chi connectivity index (χ0v) is 16.7. The predicted octanol–water partition coefficient (Wildman–Crippen LogP) is 5.74. The van der Waals surface area contributed by atoms with Crippen LogP contribution in [0.4, 0.5) is 4.39 Å². The summed E-state index contributed by atoms with van der Waals surface area (Å²) in [6, 6.07) is 6.42. The number of carbonyl (C=O) groups excluding carboxylic acids is 1. The first-order chi connectivity index (χ1) is 14.0. The number of aliphatic hydroxyl groups is 1. The molecule has 4 nitrogen and oxygen atoms in total. The van der Waals surface area contributed by atoms with Crippen molar-refractivity contribution in [3.05, 3.63) is 58.2 Å². The molecule has 1 aromatic heterocycles. The van der Waals surface area contributed by atoms with Crippen LogP contribution in [0, 0.1) is 29.5 Å². The maximum absolute atomic E-state index is 14.1. The first-order valence-corrected chi connectivity index (χ1v) is 10.4. The number of carbonyl (C=O) groups is 1. The number of hydrogen-bond donors (Lipinski definition) is 1. The van der Waals surface area contributed by atoms with Gasteiger partial charge in [0.15, 0.2) is 11.6 Å². The van der Waals surface area contributed by atoms with E-state index in [4.69, 9.17) is 16.3 Å². The second kappa shape index (κ2) is 6.84. The van der Waals surface area contributed by atoms with Gasteiger partial charge in [0, 0.05) is 18.0 Å². The lowest BCUT2D eigenvalue weighted by atomic mass is 9.80. The van der Waals surface area contributed by atoms with E-state index in [-0.39, 0.29) is 34.3 Å². The van der Waals surface area contributed by atoms with Crippen LogP contribution in [0.3, 0.4) is 0 Å². The highest BCUT2D eigenvalue weighted by atomic mass is 35.5. The molecule has 0 saturated heterocycles. The molecule has 5 rings (SSSR count). The molecule has 2 fully saturated rings. The average Bonchev–Trinajstić information content (AvgIpc) is 3.38. The molecule has 0 radical (unpaired) electrons. The third-order valence-electron chi connectivity index (χ3n) is 6.76. The SMILES string of the molecule is CCc1ccc(Oc2ncc(Cl)cc2F)cc1C1=C(O)[C@H]2[C@@H]3CC[C@@H](C3)[C@H]2C1=O. The van der Waals surface area contributed by atoms with Gasteiger partial charge in [0.05, 0.1) is 10.6 Å². The number of pyridine rings is 1. The van der Waals surface area contributed by atoms with Crippen molar-refractivity contribution in [3.8, 4) is 11.6 Å². The number of hydrogen-bond acceptors (Lipinski definition) is 4. The molecule has 0 aliphatic heterocycles. The van der Waals surface area contributed by atoms with Gasteiger partial charge in [-0.05, 0) is 66.8 Å². The largest absolute Gasteiger partial charge is 0.511 e. The zero-order chi connectivity index (χ0) is 20.3. The van der Waals surface area contributed by atoms with Gasteiger partial charge >= 0.3 is 0 Å². The highest BCUT2D eigenvalue weighted by molar-refractivity contribution is 6.30. The van der Waals surface area contributed by atoms with Crippen molar-refractivity contribution in [3.63, 3.8) is 0 Å². The Morgan fingerprint density at radius 3 is 2.69 bits per heavy atom. The van der Waals surface area contributed by atoms with Gasteiger partial charge in [-0.15, -0.1) is 0 Å². The van der Waals surface area contributed by atoms with Crippen LogP contribution in [0.5, 0.6) is 11.6 Å². The summed E-state index contributed by atoms with van der Waals surface area (Å²) in [7, 11) is 0. The molecular formula is C23H21ClFNO3. The van der Waals surface area contributed by atoms with Gasteiger partial charge in [-0.2, -0.15) is 0 Å². The molecule has 6 heteroatoms. The molecule has 0 spiro atoms. The molecule has 1 heterocycles. The molecule has 1 aromatic carbocycles. The number of nitrogens with zero attached hydrogens (tertiary/aromatic N) is 1. The number of aromatic nitrogens is 1. The van der Waals surface area contributed by atoms with Crippen LogP contribution in [0.2, 0.25) is 5.02 Å². The van der Waals surface area contributed by atoms with Gasteiger partial charge in [-0.3, -0.25) is 4.79 Å². The normalized spacial score (nSPS) is 27.6. The van der Waals surface area contributed by atoms with E-state index < -0.39 is 5.82 Å². The fourth-order valence-corrected chi connectivity index (χ4v) is 5.69. The van der Waals surface area contributed by atoms with Crippen molar-refractivity contribution in [2.75, 3.05) is 0 Å². The smallest absolute Gasteiger partial charge is 0.255 e. The number of ketones is 1. The summed E-state index contributed by atoms with van der Waals surface area (Å²) in [4.78, 5) is 17.2. The molecule has 1 N–H and O–H groups in total. The van der Waals surface area contributed by atoms with E-state index in [0.29, 0.717) is 35.1 Å². The molecule has 4 atom stereocenters. The van der Waals surface area contributed by atoms with Crippen LogP contribution in [0.1, 0.15) is 37.3 Å². The summed E-state index contributed by atoms with van der Waals surface area (Å²) in [5, 5.41) is 11.2. The lowest BCUT2D eigenvalue weighted by Gasteiger charge is -2.23. The fourth-order valence-electron chi connectivity index (χ4n) is 5.54. The number of ether oxygens (including phenoxy) is 1. The molecule has 3 aliphatic carbocycles. The fraction of sp³-hybridized carbons (Fsp3) is 0.391. The zero-order valence-electron chi connectivity index (χ0n) is 16.0. The van der Waals surface area contributed by atoms with Gasteiger partial charge in [-0.25, -0.2) is 9.37 Å². The first-order valence-electron chi connectivity index (χ1n) is 10.1. The van der Waals surface area contributed by atoms with E-state index in [0.717, 1.165) is 30.9 Å². The van der Waals surface area contributed by atoms with Gasteiger partial charge in [0.2, 0.25) is 0 Å². The van der Waals surface area contributed by atoms with Crippen molar-refractivity contribution in [2.45, 2.75) is 32.6 Å². The number of allylic oxidation sites excluding steroid dienone is 2. The Balaban J connectivity index is 1.54. The van der Waals surface area contributed by atoms with Crippen molar-refractivity contribution in [2.24, 2.45) is 23.7 Å². The molecule has 0 unspecified atom stereocenters. The molecule has 29 heavy (non-hydrogen) atoms. The number of rotatable bonds is 4. The summed E-state index contributed by atoms with van der Waals surface area (Å²) >= 11 is 5.75. The summed E-state index contributed by atoms with van der Waals surface area (Å²) in [6.45, 7) is 2.00. The molecule has 3 aliphatic rings. The minimum atomic E-state index is -0.663. The van der Waals surface area contributed by atoms with E-state index in [1.807, 2.05) is 13.0 Å². The Kier molecular flexibility index (Phi) is 4.39. The Morgan fingerprint density at radius 1 is 1.24 bits per heavy atom. The van der Waals surface area contributed by atoms with Crippen molar-refractivity contribution < 1.29 is 19.0 Å². The van der Waals surface area contributed by atoms with Crippen LogP contribution in [-0.2, 0) is 11.2 Å². The first kappa shape index (κ1) is 18.6. The number of halogens is 2. The Morgan fingerprint density at radius 2 is 2.00 bits per heavy atom. The van der Waals surface area contributed by atoms with Crippen LogP contribution in [0.15, 0.2) is 36.2 Å². The van der Waals surface area contributed by atoms with E-state index in [1.165, 1.54) is 6.20 Å². The van der Waals surface area contributed by atoms with Crippen molar-refractivity contribution in [1.29, 1.82) is 0 Å². The summed E-state index contributed by atoms with van der Waals surface area (Å²) in [5.41, 5.74) is 2.04. The van der Waals surface area contributed by atoms with Crippen LogP contribution < -0.4 is 4.74 Å². The number of aliphatic hydroxyl groups excluding tert-OH is 1. The van der Waals surface area contributed by atoms with E-state index in [9.17, 15) is 14.3 Å². The second-order valence-corrected chi connectivity index (χ2v) is 8.66. The number of benzene rings is 1. The topological polar surface area (TPSA) is 59.4 Å². The van der Waals surface area contributed by atoms with Gasteiger partial charge in [0.25, 0.3) is 5.88 Å². The highest BCUT2D eigenvalue weighted by Crippen LogP contribution is 2.60. The van der Waals surface area contributed by atoms with Crippen molar-refractivity contribution in [1.82, 2.24) is 4.98 Å². The maximum Gasteiger partial charge on any atom is 0.255 e. The van der Waals surface area contributed by atoms with Crippen LogP contribution in [0.25, 0.3) is 5.57 Å². The summed E-state index contributed by atoms with van der Waals surface area (Å²) in [6.07, 6.45) is 5.22. The standard InChI is InChI=1S/C23H21ClFNO3/c1-2-11-5-6-15(29-23-17(25)8-14(24)10-26-23)9-16(11)20-21(27)18-12-3-4-13(7-12)19(18)22(20)28/h5-6,8-10,12-13,18-19,27H,2-4,7H2,1H3/t12-,13+,18+,19-/m1/s1. The predicted molar refractivity (Wildman–Crippen MR) is 107 cm³/mol. The lowest BCUT2D eigenvalue weighted by Crippen LogP contribution is -2.24. The Hall–Kier alpha value is -2.40. The highest BCUT2D eigenvalue weighted by Gasteiger charge is 2.57. The van der Waals surface area contributed by atoms with Gasteiger partial charge in [0.1, 0.15) is 11.5 Å². The minimum Gasteiger partial charge on any atom is -0.511 e. The van der Waals surface area contributed by atoms with E-state index in [2.05, 4.69) is 4.98 Å². The monoisotopic (exact) mass is 413 g/mol. The van der Waals surface area contributed by atoms with Crippen molar-refractivity contribution >= 4 is 23.0 Å². The van der Waals surface area contributed by atoms with Gasteiger partial charge < -0.3 is 9.84 Å².